The van der Waals surface area contributed by atoms with E-state index < -0.39 is 0 Å². The molecule has 3 rings (SSSR count). The van der Waals surface area contributed by atoms with E-state index in [-0.39, 0.29) is 43.4 Å². The predicted molar refractivity (Wildman–Crippen MR) is 103 cm³/mol. The van der Waals surface area contributed by atoms with Gasteiger partial charge in [0.2, 0.25) is 11.8 Å². The molecular weight excluding hydrogens is 364 g/mol. The Bertz CT molecular complexity index is 834. The number of nitrogens with zero attached hydrogens (tertiary/aromatic N) is 2. The third-order valence-corrected chi connectivity index (χ3v) is 5.74. The predicted octanol–water partition coefficient (Wildman–Crippen LogP) is 2.63. The van der Waals surface area contributed by atoms with Gasteiger partial charge in [0.25, 0.3) is 0 Å². The first-order chi connectivity index (χ1) is 13.0. The van der Waals surface area contributed by atoms with Crippen LogP contribution in [0.5, 0.6) is 0 Å². The van der Waals surface area contributed by atoms with Gasteiger partial charge in [-0.25, -0.2) is 9.78 Å². The topological polar surface area (TPSA) is 91.4 Å². The number of imide groups is 1. The zero-order chi connectivity index (χ0) is 19.4. The molecule has 1 aromatic carbocycles. The molecule has 1 aliphatic rings. The molecular formula is C19H22N4O3S. The van der Waals surface area contributed by atoms with Crippen LogP contribution in [0.2, 0.25) is 0 Å². The van der Waals surface area contributed by atoms with Gasteiger partial charge in [-0.15, -0.1) is 11.3 Å². The lowest BCUT2D eigenvalue weighted by atomic mass is 10.2. The average molecular weight is 386 g/mol. The molecule has 0 saturated carbocycles. The van der Waals surface area contributed by atoms with Crippen molar-refractivity contribution in [3.8, 4) is 10.6 Å². The van der Waals surface area contributed by atoms with Gasteiger partial charge in [-0.3, -0.25) is 14.5 Å². The molecule has 0 bridgehead atoms. The van der Waals surface area contributed by atoms with Gasteiger partial charge >= 0.3 is 6.03 Å². The van der Waals surface area contributed by atoms with Gasteiger partial charge < -0.3 is 10.6 Å². The molecule has 0 aliphatic carbocycles. The smallest absolute Gasteiger partial charge is 0.324 e. The standard InChI is InChI=1S/C19H22N4O3S/c1-12(17-13(2)22-18(27-17)14-7-4-3-5-8-14)21-15(24)9-6-10-23-16(25)11-20-19(23)26/h3-5,7-8,12H,6,9-11H2,1-2H3,(H,20,26)(H,21,24). The Balaban J connectivity index is 1.53. The van der Waals surface area contributed by atoms with Crippen LogP contribution in [-0.2, 0) is 9.59 Å². The number of nitrogens with one attached hydrogen (secondary N) is 2. The number of hydrogen-bond donors (Lipinski definition) is 2. The molecule has 0 radical (unpaired) electrons. The summed E-state index contributed by atoms with van der Waals surface area (Å²) in [5, 5.41) is 6.37. The molecule has 1 aliphatic heterocycles. The lowest BCUT2D eigenvalue weighted by Gasteiger charge is -2.14. The number of carbonyl (C=O) groups is 3. The molecule has 2 heterocycles. The van der Waals surface area contributed by atoms with Crippen LogP contribution in [0.25, 0.3) is 10.6 Å². The second-order valence-electron chi connectivity index (χ2n) is 6.43. The summed E-state index contributed by atoms with van der Waals surface area (Å²) in [4.78, 5) is 42.0. The third-order valence-electron chi connectivity index (χ3n) is 4.35. The van der Waals surface area contributed by atoms with E-state index in [0.717, 1.165) is 26.0 Å². The van der Waals surface area contributed by atoms with Gasteiger partial charge in [0.1, 0.15) is 5.01 Å². The van der Waals surface area contributed by atoms with Crippen molar-refractivity contribution in [1.29, 1.82) is 0 Å². The number of urea groups is 1. The maximum absolute atomic E-state index is 12.2. The van der Waals surface area contributed by atoms with Crippen LogP contribution in [0.3, 0.4) is 0 Å². The second kappa shape index (κ2) is 8.30. The van der Waals surface area contributed by atoms with Gasteiger partial charge in [0.15, 0.2) is 0 Å². The summed E-state index contributed by atoms with van der Waals surface area (Å²) in [6.07, 6.45) is 0.694. The summed E-state index contributed by atoms with van der Waals surface area (Å²) >= 11 is 1.58. The number of carbonyl (C=O) groups excluding carboxylic acids is 3. The highest BCUT2D eigenvalue weighted by Gasteiger charge is 2.27. The summed E-state index contributed by atoms with van der Waals surface area (Å²) < 4.78 is 0. The molecule has 1 atom stereocenters. The molecule has 2 aromatic rings. The minimum atomic E-state index is -0.387. The Hall–Kier alpha value is -2.74. The summed E-state index contributed by atoms with van der Waals surface area (Å²) in [6.45, 7) is 4.17. The largest absolute Gasteiger partial charge is 0.349 e. The number of thiazole rings is 1. The monoisotopic (exact) mass is 386 g/mol. The van der Waals surface area contributed by atoms with Crippen LogP contribution >= 0.6 is 11.3 Å². The average Bonchev–Trinajstić information content (AvgIpc) is 3.19. The van der Waals surface area contributed by atoms with Gasteiger partial charge in [-0.2, -0.15) is 0 Å². The van der Waals surface area contributed by atoms with Crippen molar-refractivity contribution in [1.82, 2.24) is 20.5 Å². The van der Waals surface area contributed by atoms with Crippen molar-refractivity contribution in [3.05, 3.63) is 40.9 Å². The minimum absolute atomic E-state index is 0.0382. The molecule has 4 amide bonds. The molecule has 1 unspecified atom stereocenters. The molecule has 1 saturated heterocycles. The second-order valence-corrected chi connectivity index (χ2v) is 7.46. The molecule has 142 valence electrons. The molecule has 1 fully saturated rings. The fraction of sp³-hybridized carbons (Fsp3) is 0.368. The zero-order valence-corrected chi connectivity index (χ0v) is 16.1. The first-order valence-corrected chi connectivity index (χ1v) is 9.67. The van der Waals surface area contributed by atoms with Crippen LogP contribution < -0.4 is 10.6 Å². The molecule has 0 spiro atoms. The van der Waals surface area contributed by atoms with E-state index in [1.54, 1.807) is 11.3 Å². The molecule has 27 heavy (non-hydrogen) atoms. The molecule has 1 aromatic heterocycles. The lowest BCUT2D eigenvalue weighted by molar-refractivity contribution is -0.126. The highest BCUT2D eigenvalue weighted by Crippen LogP contribution is 2.31. The fourth-order valence-corrected chi connectivity index (χ4v) is 4.05. The van der Waals surface area contributed by atoms with Crippen LogP contribution in [0.4, 0.5) is 4.79 Å². The Morgan fingerprint density at radius 1 is 1.33 bits per heavy atom. The van der Waals surface area contributed by atoms with Gasteiger partial charge in [-0.05, 0) is 20.3 Å². The fourth-order valence-electron chi connectivity index (χ4n) is 2.97. The third kappa shape index (κ3) is 4.51. The van der Waals surface area contributed by atoms with Crippen LogP contribution in [-0.4, -0.2) is 40.8 Å². The Morgan fingerprint density at radius 3 is 2.74 bits per heavy atom. The highest BCUT2D eigenvalue weighted by molar-refractivity contribution is 7.15. The van der Waals surface area contributed by atoms with E-state index >= 15 is 0 Å². The van der Waals surface area contributed by atoms with Crippen molar-refractivity contribution < 1.29 is 14.4 Å². The van der Waals surface area contributed by atoms with E-state index in [0.29, 0.717) is 6.42 Å². The summed E-state index contributed by atoms with van der Waals surface area (Å²) in [7, 11) is 0. The zero-order valence-electron chi connectivity index (χ0n) is 15.3. The Kier molecular flexibility index (Phi) is 5.85. The minimum Gasteiger partial charge on any atom is -0.349 e. The van der Waals surface area contributed by atoms with E-state index in [1.165, 1.54) is 0 Å². The molecule has 8 heteroatoms. The first kappa shape index (κ1) is 19.0. The lowest BCUT2D eigenvalue weighted by Crippen LogP contribution is -2.33. The van der Waals surface area contributed by atoms with E-state index in [4.69, 9.17) is 0 Å². The SMILES string of the molecule is Cc1nc(-c2ccccc2)sc1C(C)NC(=O)CCCN1C(=O)CNC1=O. The summed E-state index contributed by atoms with van der Waals surface area (Å²) in [6, 6.07) is 9.41. The summed E-state index contributed by atoms with van der Waals surface area (Å²) in [5.74, 6) is -0.355. The number of aromatic nitrogens is 1. The van der Waals surface area contributed by atoms with Crippen molar-refractivity contribution in [2.75, 3.05) is 13.1 Å². The van der Waals surface area contributed by atoms with E-state index in [9.17, 15) is 14.4 Å². The number of amides is 4. The summed E-state index contributed by atoms with van der Waals surface area (Å²) in [5.41, 5.74) is 1.97. The molecule has 7 nitrogen and oxygen atoms in total. The van der Waals surface area contributed by atoms with E-state index in [2.05, 4.69) is 15.6 Å². The number of hydrogen-bond acceptors (Lipinski definition) is 5. The quantitative estimate of drug-likeness (QED) is 0.716. The first-order valence-electron chi connectivity index (χ1n) is 8.86. The van der Waals surface area contributed by atoms with E-state index in [1.807, 2.05) is 44.2 Å². The van der Waals surface area contributed by atoms with Crippen LogP contribution in [0.15, 0.2) is 30.3 Å². The highest BCUT2D eigenvalue weighted by atomic mass is 32.1. The van der Waals surface area contributed by atoms with Crippen molar-refractivity contribution in [3.63, 3.8) is 0 Å². The maximum atomic E-state index is 12.2. The normalized spacial score (nSPS) is 15.0. The van der Waals surface area contributed by atoms with Crippen molar-refractivity contribution in [2.24, 2.45) is 0 Å². The molecule has 2 N–H and O–H groups in total. The Labute approximate surface area is 161 Å². The van der Waals surface area contributed by atoms with Gasteiger partial charge in [0, 0.05) is 18.5 Å². The van der Waals surface area contributed by atoms with Crippen molar-refractivity contribution >= 4 is 29.2 Å². The number of benzene rings is 1. The maximum Gasteiger partial charge on any atom is 0.324 e. The number of aryl methyl sites for hydroxylation is 1. The van der Waals surface area contributed by atoms with Gasteiger partial charge in [0.05, 0.1) is 23.2 Å². The number of rotatable bonds is 7. The van der Waals surface area contributed by atoms with Crippen LogP contribution in [0.1, 0.15) is 36.4 Å². The Morgan fingerprint density at radius 2 is 2.07 bits per heavy atom. The van der Waals surface area contributed by atoms with Crippen molar-refractivity contribution in [2.45, 2.75) is 32.7 Å². The van der Waals surface area contributed by atoms with Crippen LogP contribution in [0, 0.1) is 6.92 Å². The van der Waals surface area contributed by atoms with Gasteiger partial charge in [-0.1, -0.05) is 30.3 Å².